The molecular weight excluding hydrogens is 552 g/mol. The van der Waals surface area contributed by atoms with Crippen molar-refractivity contribution in [1.29, 1.82) is 0 Å². The lowest BCUT2D eigenvalue weighted by Gasteiger charge is -2.05. The molecular formula is C18H22Br3O2S2+. The number of thiol groups is 1. The summed E-state index contributed by atoms with van der Waals surface area (Å²) < 4.78 is 0. The van der Waals surface area contributed by atoms with Gasteiger partial charge in [0.15, 0.2) is 4.91 Å². The van der Waals surface area contributed by atoms with Gasteiger partial charge in [-0.3, -0.25) is 0 Å². The lowest BCUT2D eigenvalue weighted by Crippen LogP contribution is -2.10. The number of halogens is 3. The molecule has 1 aromatic rings. The molecule has 1 atom stereocenters. The summed E-state index contributed by atoms with van der Waals surface area (Å²) >= 11 is 15.1. The van der Waals surface area contributed by atoms with Crippen molar-refractivity contribution in [2.45, 2.75) is 17.1 Å². The number of aliphatic hydroxyl groups is 2. The molecule has 7 heteroatoms. The molecule has 0 saturated heterocycles. The first-order valence-corrected chi connectivity index (χ1v) is 12.2. The van der Waals surface area contributed by atoms with E-state index in [1.165, 1.54) is 4.90 Å². The van der Waals surface area contributed by atoms with Crippen LogP contribution in [0.1, 0.15) is 0 Å². The van der Waals surface area contributed by atoms with E-state index < -0.39 is 0 Å². The van der Waals surface area contributed by atoms with Gasteiger partial charge >= 0.3 is 0 Å². The molecule has 1 unspecified atom stereocenters. The average Bonchev–Trinajstić information content (AvgIpc) is 2.67. The molecule has 0 amide bonds. The molecule has 1 aliphatic carbocycles. The molecule has 1 aliphatic rings. The summed E-state index contributed by atoms with van der Waals surface area (Å²) in [5.74, 6) is 0.745. The van der Waals surface area contributed by atoms with Crippen molar-refractivity contribution in [2.75, 3.05) is 21.7 Å². The Morgan fingerprint density at radius 2 is 1.56 bits per heavy atom. The molecule has 0 aliphatic heterocycles. The van der Waals surface area contributed by atoms with Crippen molar-refractivity contribution in [3.05, 3.63) is 65.6 Å². The maximum atomic E-state index is 9.25. The van der Waals surface area contributed by atoms with Gasteiger partial charge in [0, 0.05) is 32.7 Å². The standard InChI is InChI=1S/C9H11BrOS.C6H4S.C3H6Br2O/c10-6-8(11)7-12-9-4-2-1-3-5-9;7-6-4-2-1-3-5-6;4-1-3(6)2-5/h1-5,8,11H,6-7H2;1-4H;3,6H,1-2H2/p+1. The van der Waals surface area contributed by atoms with E-state index in [1.807, 2.05) is 54.6 Å². The fourth-order valence-corrected chi connectivity index (χ4v) is 3.80. The number of hydrogen-bond acceptors (Lipinski definition) is 4. The molecule has 1 aromatic carbocycles. The van der Waals surface area contributed by atoms with Crippen LogP contribution in [-0.4, -0.2) is 44.2 Å². The summed E-state index contributed by atoms with van der Waals surface area (Å²) in [6.07, 6.45) is 9.98. The fourth-order valence-electron chi connectivity index (χ4n) is 1.18. The van der Waals surface area contributed by atoms with Gasteiger partial charge in [0.2, 0.25) is 0 Å². The second-order valence-electron chi connectivity index (χ2n) is 4.64. The van der Waals surface area contributed by atoms with Gasteiger partial charge in [-0.05, 0) is 12.1 Å². The normalized spacial score (nSPS) is 13.0. The molecule has 0 bridgehead atoms. The predicted octanol–water partition coefficient (Wildman–Crippen LogP) is 5.40. The lowest BCUT2D eigenvalue weighted by molar-refractivity contribution is 0.226. The van der Waals surface area contributed by atoms with Crippen LogP contribution in [0.2, 0.25) is 0 Å². The minimum Gasteiger partial charge on any atom is -0.391 e. The van der Waals surface area contributed by atoms with Crippen LogP contribution in [0.3, 0.4) is 0 Å². The third-order valence-electron chi connectivity index (χ3n) is 2.41. The van der Waals surface area contributed by atoms with Gasteiger partial charge < -0.3 is 10.2 Å². The summed E-state index contributed by atoms with van der Waals surface area (Å²) in [4.78, 5) is 2.10. The Labute approximate surface area is 185 Å². The number of thioether (sulfide) groups is 1. The number of rotatable bonds is 6. The first-order chi connectivity index (χ1) is 12.0. The van der Waals surface area contributed by atoms with Crippen molar-refractivity contribution in [1.82, 2.24) is 0 Å². The van der Waals surface area contributed by atoms with E-state index in [0.29, 0.717) is 16.0 Å². The van der Waals surface area contributed by atoms with Crippen LogP contribution in [0.5, 0.6) is 0 Å². The zero-order valence-electron chi connectivity index (χ0n) is 13.6. The van der Waals surface area contributed by atoms with Gasteiger partial charge in [-0.1, -0.05) is 66.0 Å². The highest BCUT2D eigenvalue weighted by Crippen LogP contribution is 2.18. The molecule has 2 N–H and O–H groups in total. The van der Waals surface area contributed by atoms with Crippen molar-refractivity contribution in [3.63, 3.8) is 0 Å². The van der Waals surface area contributed by atoms with Crippen LogP contribution >= 0.6 is 72.2 Å². The molecule has 2 nitrogen and oxygen atoms in total. The first kappa shape index (κ1) is 25.4. The zero-order chi connectivity index (χ0) is 18.9. The van der Waals surface area contributed by atoms with Crippen molar-refractivity contribution >= 4 is 72.2 Å². The molecule has 138 valence electrons. The van der Waals surface area contributed by atoms with Crippen LogP contribution in [0, 0.1) is 6.08 Å². The smallest absolute Gasteiger partial charge is 0.168 e. The molecule has 0 aromatic heterocycles. The average molecular weight is 574 g/mol. The van der Waals surface area contributed by atoms with Gasteiger partial charge in [0.05, 0.1) is 30.4 Å². The SMILES string of the molecule is OC(CBr)CBr.OC(CBr)CSc1ccccc1.SC1=CC=CC=[C+]1. The molecule has 25 heavy (non-hydrogen) atoms. The van der Waals surface area contributed by atoms with Crippen molar-refractivity contribution < 1.29 is 10.2 Å². The van der Waals surface area contributed by atoms with Gasteiger partial charge in [-0.15, -0.1) is 24.4 Å². The maximum absolute atomic E-state index is 9.25. The van der Waals surface area contributed by atoms with Gasteiger partial charge in [-0.25, -0.2) is 0 Å². The Kier molecular flexibility index (Phi) is 18.1. The number of aliphatic hydroxyl groups excluding tert-OH is 2. The summed E-state index contributed by atoms with van der Waals surface area (Å²) in [6, 6.07) is 10.1. The summed E-state index contributed by atoms with van der Waals surface area (Å²) in [6.45, 7) is 0. The van der Waals surface area contributed by atoms with E-state index in [2.05, 4.69) is 66.5 Å². The second-order valence-corrected chi connectivity index (χ2v) is 8.16. The highest BCUT2D eigenvalue weighted by Gasteiger charge is 2.01. The predicted molar refractivity (Wildman–Crippen MR) is 125 cm³/mol. The minimum atomic E-state index is -0.254. The topological polar surface area (TPSA) is 40.5 Å². The van der Waals surface area contributed by atoms with Gasteiger partial charge in [-0.2, -0.15) is 0 Å². The summed E-state index contributed by atoms with van der Waals surface area (Å²) in [5, 5.41) is 19.8. The van der Waals surface area contributed by atoms with E-state index in [-0.39, 0.29) is 12.2 Å². The Balaban J connectivity index is 0.000000378. The number of hydrogen-bond donors (Lipinski definition) is 3. The molecule has 2 rings (SSSR count). The van der Waals surface area contributed by atoms with Gasteiger partial charge in [0.1, 0.15) is 6.08 Å². The van der Waals surface area contributed by atoms with E-state index in [4.69, 9.17) is 5.11 Å². The molecule has 0 saturated carbocycles. The number of allylic oxidation sites excluding steroid dienone is 5. The third-order valence-corrected chi connectivity index (χ3v) is 6.09. The Hall–Kier alpha value is 0.410. The molecule has 0 fully saturated rings. The molecule has 0 radical (unpaired) electrons. The highest BCUT2D eigenvalue weighted by atomic mass is 79.9. The summed E-state index contributed by atoms with van der Waals surface area (Å²) in [5.41, 5.74) is 0. The number of benzene rings is 1. The summed E-state index contributed by atoms with van der Waals surface area (Å²) in [7, 11) is 0. The monoisotopic (exact) mass is 571 g/mol. The maximum Gasteiger partial charge on any atom is 0.168 e. The van der Waals surface area contributed by atoms with E-state index >= 15 is 0 Å². The van der Waals surface area contributed by atoms with Crippen molar-refractivity contribution in [2.24, 2.45) is 0 Å². The van der Waals surface area contributed by atoms with E-state index in [0.717, 1.165) is 10.7 Å². The largest absolute Gasteiger partial charge is 0.391 e. The van der Waals surface area contributed by atoms with Crippen molar-refractivity contribution in [3.8, 4) is 0 Å². The lowest BCUT2D eigenvalue weighted by atomic mass is 10.3. The quantitative estimate of drug-likeness (QED) is 0.185. The van der Waals surface area contributed by atoms with Crippen LogP contribution in [0.15, 0.2) is 64.4 Å². The fraction of sp³-hybridized carbons (Fsp3) is 0.333. The Bertz CT molecular complexity index is 518. The minimum absolute atomic E-state index is 0.231. The Morgan fingerprint density at radius 3 is 1.92 bits per heavy atom. The van der Waals surface area contributed by atoms with Crippen LogP contribution < -0.4 is 0 Å². The van der Waals surface area contributed by atoms with Gasteiger partial charge in [0.25, 0.3) is 0 Å². The van der Waals surface area contributed by atoms with Crippen LogP contribution in [0.4, 0.5) is 0 Å². The van der Waals surface area contributed by atoms with Crippen LogP contribution in [-0.2, 0) is 0 Å². The molecule has 0 heterocycles. The van der Waals surface area contributed by atoms with Crippen LogP contribution in [0.25, 0.3) is 0 Å². The number of alkyl halides is 3. The van der Waals surface area contributed by atoms with E-state index in [9.17, 15) is 5.11 Å². The zero-order valence-corrected chi connectivity index (χ0v) is 20.0. The second kappa shape index (κ2) is 17.8. The van der Waals surface area contributed by atoms with E-state index in [1.54, 1.807) is 11.8 Å². The molecule has 0 spiro atoms. The highest BCUT2D eigenvalue weighted by molar-refractivity contribution is 9.10. The first-order valence-electron chi connectivity index (χ1n) is 7.41. The Morgan fingerprint density at radius 1 is 0.960 bits per heavy atom. The third kappa shape index (κ3) is 16.3.